The van der Waals surface area contributed by atoms with Gasteiger partial charge in [-0.15, -0.1) is 0 Å². The Kier molecular flexibility index (Phi) is 4.35. The van der Waals surface area contributed by atoms with Crippen LogP contribution in [0.25, 0.3) is 0 Å². The van der Waals surface area contributed by atoms with Crippen molar-refractivity contribution >= 4 is 5.91 Å². The number of amides is 1. The van der Waals surface area contributed by atoms with E-state index in [2.05, 4.69) is 47.3 Å². The van der Waals surface area contributed by atoms with Crippen LogP contribution < -0.4 is 0 Å². The highest BCUT2D eigenvalue weighted by atomic mass is 16.5. The van der Waals surface area contributed by atoms with E-state index in [1.807, 2.05) is 18.7 Å². The number of hydrogen-bond acceptors (Lipinski definition) is 4. The Labute approximate surface area is 155 Å². The first-order valence-corrected chi connectivity index (χ1v) is 9.50. The van der Waals surface area contributed by atoms with Gasteiger partial charge in [-0.3, -0.25) is 9.69 Å². The van der Waals surface area contributed by atoms with E-state index < -0.39 is 0 Å². The molecule has 0 aliphatic carbocycles. The molecule has 0 saturated carbocycles. The average molecular weight is 353 g/mol. The summed E-state index contributed by atoms with van der Waals surface area (Å²) in [7, 11) is 0. The third-order valence-corrected chi connectivity index (χ3v) is 6.20. The second kappa shape index (κ2) is 6.54. The monoisotopic (exact) mass is 353 g/mol. The predicted octanol–water partition coefficient (Wildman–Crippen LogP) is 3.48. The largest absolute Gasteiger partial charge is 0.361 e. The van der Waals surface area contributed by atoms with Gasteiger partial charge in [0.05, 0.1) is 17.7 Å². The lowest BCUT2D eigenvalue weighted by Gasteiger charge is -2.54. The number of nitrogens with zero attached hydrogens (tertiary/aromatic N) is 3. The van der Waals surface area contributed by atoms with Crippen LogP contribution in [0.3, 0.4) is 0 Å². The molecule has 1 aromatic heterocycles. The molecule has 26 heavy (non-hydrogen) atoms. The van der Waals surface area contributed by atoms with Crippen molar-refractivity contribution < 1.29 is 9.32 Å². The number of β-lactam (4-membered cyclic amide) rings is 1. The highest BCUT2D eigenvalue weighted by molar-refractivity contribution is 5.89. The van der Waals surface area contributed by atoms with E-state index >= 15 is 0 Å². The molecule has 2 aliphatic heterocycles. The van der Waals surface area contributed by atoms with Crippen molar-refractivity contribution in [2.45, 2.75) is 46.2 Å². The first-order valence-electron chi connectivity index (χ1n) is 9.50. The Morgan fingerprint density at radius 3 is 2.65 bits per heavy atom. The maximum Gasteiger partial charge on any atom is 0.232 e. The average Bonchev–Trinajstić information content (AvgIpc) is 2.99. The molecule has 2 aromatic rings. The fraction of sp³-hybridized carbons (Fsp3) is 0.524. The van der Waals surface area contributed by atoms with E-state index in [0.29, 0.717) is 18.5 Å². The normalized spacial score (nSPS) is 24.7. The molecule has 1 amide bonds. The summed E-state index contributed by atoms with van der Waals surface area (Å²) in [6, 6.07) is 10.9. The molecular weight excluding hydrogens is 326 g/mol. The number of benzene rings is 1. The number of aromatic nitrogens is 1. The number of likely N-dealkylation sites (tertiary alicyclic amines) is 2. The summed E-state index contributed by atoms with van der Waals surface area (Å²) >= 11 is 0. The molecule has 3 heterocycles. The van der Waals surface area contributed by atoms with Gasteiger partial charge < -0.3 is 9.42 Å². The molecule has 0 radical (unpaired) electrons. The fourth-order valence-electron chi connectivity index (χ4n) is 4.54. The van der Waals surface area contributed by atoms with E-state index in [-0.39, 0.29) is 5.41 Å². The molecule has 4 rings (SSSR count). The zero-order valence-corrected chi connectivity index (χ0v) is 15.9. The van der Waals surface area contributed by atoms with Crippen LogP contribution in [-0.2, 0) is 11.3 Å². The molecule has 5 nitrogen and oxygen atoms in total. The van der Waals surface area contributed by atoms with Crippen LogP contribution >= 0.6 is 0 Å². The van der Waals surface area contributed by atoms with Gasteiger partial charge in [0.2, 0.25) is 5.91 Å². The van der Waals surface area contributed by atoms with Gasteiger partial charge in [-0.1, -0.05) is 35.5 Å². The van der Waals surface area contributed by atoms with Gasteiger partial charge >= 0.3 is 0 Å². The van der Waals surface area contributed by atoms with Crippen molar-refractivity contribution in [2.75, 3.05) is 19.6 Å². The molecular formula is C21H27N3O2. The Balaban J connectivity index is 1.44. The standard InChI is InChI=1S/C21H27N3O2/c1-15-19(17(3)26-22-15)12-24-14-21(20(24)25)10-7-11-23(13-21)16(2)18-8-5-4-6-9-18/h4-6,8-9,16H,7,10-14H2,1-3H3/t16-,21-/m1/s1. The molecule has 0 bridgehead atoms. The Bertz CT molecular complexity index is 781. The number of carbonyl (C=O) groups is 1. The lowest BCUT2D eigenvalue weighted by molar-refractivity contribution is -0.168. The van der Waals surface area contributed by atoms with Gasteiger partial charge in [-0.2, -0.15) is 0 Å². The van der Waals surface area contributed by atoms with Crippen LogP contribution in [0.15, 0.2) is 34.9 Å². The van der Waals surface area contributed by atoms with Gasteiger partial charge in [0, 0.05) is 24.7 Å². The van der Waals surface area contributed by atoms with E-state index in [1.165, 1.54) is 5.56 Å². The molecule has 2 fully saturated rings. The van der Waals surface area contributed by atoms with Crippen LogP contribution in [0.2, 0.25) is 0 Å². The van der Waals surface area contributed by atoms with Gasteiger partial charge in [0.1, 0.15) is 5.76 Å². The van der Waals surface area contributed by atoms with Crippen molar-refractivity contribution in [3.63, 3.8) is 0 Å². The minimum Gasteiger partial charge on any atom is -0.361 e. The maximum absolute atomic E-state index is 13.0. The lowest BCUT2D eigenvalue weighted by Crippen LogP contribution is -2.66. The highest BCUT2D eigenvalue weighted by Crippen LogP contribution is 2.43. The van der Waals surface area contributed by atoms with Crippen molar-refractivity contribution in [2.24, 2.45) is 5.41 Å². The molecule has 138 valence electrons. The summed E-state index contributed by atoms with van der Waals surface area (Å²) < 4.78 is 5.24. The van der Waals surface area contributed by atoms with Crippen LogP contribution in [0, 0.1) is 19.3 Å². The number of piperidine rings is 1. The van der Waals surface area contributed by atoms with Crippen molar-refractivity contribution in [3.8, 4) is 0 Å². The van der Waals surface area contributed by atoms with Crippen molar-refractivity contribution in [1.29, 1.82) is 0 Å². The van der Waals surface area contributed by atoms with Crippen LogP contribution in [0.4, 0.5) is 0 Å². The van der Waals surface area contributed by atoms with E-state index in [1.54, 1.807) is 0 Å². The second-order valence-electron chi connectivity index (χ2n) is 7.90. The molecule has 0 N–H and O–H groups in total. The third kappa shape index (κ3) is 2.84. The molecule has 1 spiro atoms. The molecule has 0 unspecified atom stereocenters. The SMILES string of the molecule is Cc1noc(C)c1CN1C[C@]2(CCCN([C@H](C)c3ccccc3)C2)C1=O. The van der Waals surface area contributed by atoms with Gasteiger partial charge in [-0.25, -0.2) is 0 Å². The molecule has 2 atom stereocenters. The van der Waals surface area contributed by atoms with Gasteiger partial charge in [-0.05, 0) is 45.7 Å². The first-order chi connectivity index (χ1) is 12.5. The van der Waals surface area contributed by atoms with E-state index in [9.17, 15) is 4.79 Å². The first kappa shape index (κ1) is 17.3. The predicted molar refractivity (Wildman–Crippen MR) is 99.5 cm³/mol. The second-order valence-corrected chi connectivity index (χ2v) is 7.90. The number of hydrogen-bond donors (Lipinski definition) is 0. The van der Waals surface area contributed by atoms with E-state index in [4.69, 9.17) is 4.52 Å². The highest BCUT2D eigenvalue weighted by Gasteiger charge is 2.54. The van der Waals surface area contributed by atoms with Gasteiger partial charge in [0.25, 0.3) is 0 Å². The Hall–Kier alpha value is -2.14. The summed E-state index contributed by atoms with van der Waals surface area (Å²) in [4.78, 5) is 17.5. The summed E-state index contributed by atoms with van der Waals surface area (Å²) in [5, 5.41) is 4.00. The molecule has 2 aliphatic rings. The quantitative estimate of drug-likeness (QED) is 0.790. The summed E-state index contributed by atoms with van der Waals surface area (Å²) in [5.41, 5.74) is 3.07. The topological polar surface area (TPSA) is 49.6 Å². The number of aryl methyl sites for hydroxylation is 2. The smallest absolute Gasteiger partial charge is 0.232 e. The molecule has 1 aromatic carbocycles. The van der Waals surface area contributed by atoms with Crippen molar-refractivity contribution in [1.82, 2.24) is 15.0 Å². The molecule has 2 saturated heterocycles. The van der Waals surface area contributed by atoms with Crippen LogP contribution in [0.5, 0.6) is 0 Å². The third-order valence-electron chi connectivity index (χ3n) is 6.20. The van der Waals surface area contributed by atoms with Crippen LogP contribution in [0.1, 0.15) is 48.4 Å². The van der Waals surface area contributed by atoms with E-state index in [0.717, 1.165) is 49.5 Å². The van der Waals surface area contributed by atoms with Gasteiger partial charge in [0.15, 0.2) is 0 Å². The van der Waals surface area contributed by atoms with Crippen molar-refractivity contribution in [3.05, 3.63) is 52.9 Å². The fourth-order valence-corrected chi connectivity index (χ4v) is 4.54. The van der Waals surface area contributed by atoms with Crippen LogP contribution in [-0.4, -0.2) is 40.5 Å². The maximum atomic E-state index is 13.0. The zero-order chi connectivity index (χ0) is 18.3. The summed E-state index contributed by atoms with van der Waals surface area (Å²) in [6.07, 6.45) is 2.09. The Morgan fingerprint density at radius 2 is 2.00 bits per heavy atom. The number of rotatable bonds is 4. The minimum absolute atomic E-state index is 0.194. The number of carbonyl (C=O) groups excluding carboxylic acids is 1. The lowest BCUT2D eigenvalue weighted by atomic mass is 9.71. The zero-order valence-electron chi connectivity index (χ0n) is 15.9. The Morgan fingerprint density at radius 1 is 1.23 bits per heavy atom. The molecule has 5 heteroatoms. The summed E-state index contributed by atoms with van der Waals surface area (Å²) in [5.74, 6) is 1.11. The minimum atomic E-state index is -0.194. The summed E-state index contributed by atoms with van der Waals surface area (Å²) in [6.45, 7) is 9.49.